The first kappa shape index (κ1) is 12.6. The zero-order valence-electron chi connectivity index (χ0n) is 9.61. The van der Waals surface area contributed by atoms with Crippen LogP contribution in [0.3, 0.4) is 0 Å². The predicted octanol–water partition coefficient (Wildman–Crippen LogP) is 1.82. The van der Waals surface area contributed by atoms with Gasteiger partial charge in [-0.1, -0.05) is 0 Å². The van der Waals surface area contributed by atoms with Gasteiger partial charge in [0.05, 0.1) is 19.4 Å². The van der Waals surface area contributed by atoms with Crippen LogP contribution in [-0.4, -0.2) is 25.4 Å². The molecule has 0 amide bonds. The zero-order chi connectivity index (χ0) is 11.8. The highest BCUT2D eigenvalue weighted by atomic mass is 16.5. The standard InChI is InChI=1S/C12H19NO3/c1-15-12-6-5-10(9-11(12)13)16-8-4-2-3-7-14/h5-6,9,14H,2-4,7-8,13H2,1H3. The van der Waals surface area contributed by atoms with Crippen molar-refractivity contribution >= 4 is 5.69 Å². The van der Waals surface area contributed by atoms with Crippen LogP contribution in [0.15, 0.2) is 18.2 Å². The molecule has 0 radical (unpaired) electrons. The van der Waals surface area contributed by atoms with Gasteiger partial charge in [0.25, 0.3) is 0 Å². The molecule has 0 aliphatic heterocycles. The SMILES string of the molecule is COc1ccc(OCCCCCO)cc1N. The highest BCUT2D eigenvalue weighted by Gasteiger charge is 2.01. The van der Waals surface area contributed by atoms with Crippen molar-refractivity contribution in [3.05, 3.63) is 18.2 Å². The van der Waals surface area contributed by atoms with E-state index in [-0.39, 0.29) is 6.61 Å². The van der Waals surface area contributed by atoms with Crippen molar-refractivity contribution in [2.45, 2.75) is 19.3 Å². The van der Waals surface area contributed by atoms with E-state index in [1.807, 2.05) is 6.07 Å². The molecule has 0 unspecified atom stereocenters. The van der Waals surface area contributed by atoms with Crippen LogP contribution in [0.25, 0.3) is 0 Å². The first-order chi connectivity index (χ1) is 7.77. The van der Waals surface area contributed by atoms with Crippen LogP contribution in [0.2, 0.25) is 0 Å². The molecule has 0 spiro atoms. The maximum atomic E-state index is 8.61. The molecule has 0 saturated heterocycles. The van der Waals surface area contributed by atoms with Gasteiger partial charge in [-0.15, -0.1) is 0 Å². The molecule has 0 fully saturated rings. The number of aliphatic hydroxyl groups is 1. The van der Waals surface area contributed by atoms with E-state index in [9.17, 15) is 0 Å². The lowest BCUT2D eigenvalue weighted by Gasteiger charge is -2.09. The number of rotatable bonds is 7. The molecule has 3 N–H and O–H groups in total. The molecule has 0 aliphatic rings. The number of nitrogens with two attached hydrogens (primary N) is 1. The summed E-state index contributed by atoms with van der Waals surface area (Å²) in [6, 6.07) is 5.38. The number of hydrogen-bond acceptors (Lipinski definition) is 4. The molecule has 90 valence electrons. The number of benzene rings is 1. The number of ether oxygens (including phenoxy) is 2. The van der Waals surface area contributed by atoms with E-state index in [1.54, 1.807) is 19.2 Å². The highest BCUT2D eigenvalue weighted by Crippen LogP contribution is 2.25. The Morgan fingerprint density at radius 2 is 2.06 bits per heavy atom. The lowest BCUT2D eigenvalue weighted by molar-refractivity contribution is 0.266. The van der Waals surface area contributed by atoms with E-state index in [0.717, 1.165) is 25.0 Å². The summed E-state index contributed by atoms with van der Waals surface area (Å²) >= 11 is 0. The molecule has 0 atom stereocenters. The van der Waals surface area contributed by atoms with Crippen LogP contribution in [0.1, 0.15) is 19.3 Å². The fourth-order valence-electron chi connectivity index (χ4n) is 1.38. The molecule has 1 aromatic carbocycles. The Morgan fingerprint density at radius 3 is 2.69 bits per heavy atom. The lowest BCUT2D eigenvalue weighted by Crippen LogP contribution is -1.99. The molecule has 1 rings (SSSR count). The van der Waals surface area contributed by atoms with E-state index in [4.69, 9.17) is 20.3 Å². The first-order valence-corrected chi connectivity index (χ1v) is 5.45. The van der Waals surface area contributed by atoms with E-state index in [2.05, 4.69) is 0 Å². The minimum atomic E-state index is 0.246. The maximum Gasteiger partial charge on any atom is 0.142 e. The maximum absolute atomic E-state index is 8.61. The van der Waals surface area contributed by atoms with E-state index < -0.39 is 0 Å². The molecule has 0 aliphatic carbocycles. The van der Waals surface area contributed by atoms with Gasteiger partial charge in [-0.05, 0) is 31.4 Å². The third-order valence-corrected chi connectivity index (χ3v) is 2.27. The molecule has 0 saturated carbocycles. The molecule has 0 heterocycles. The molecule has 16 heavy (non-hydrogen) atoms. The number of hydrogen-bond donors (Lipinski definition) is 2. The van der Waals surface area contributed by atoms with Crippen molar-refractivity contribution in [1.29, 1.82) is 0 Å². The van der Waals surface area contributed by atoms with Crippen LogP contribution in [0.5, 0.6) is 11.5 Å². The minimum Gasteiger partial charge on any atom is -0.495 e. The fourth-order valence-corrected chi connectivity index (χ4v) is 1.38. The molecule has 0 bridgehead atoms. The molecule has 4 heteroatoms. The highest BCUT2D eigenvalue weighted by molar-refractivity contribution is 5.56. The van der Waals surface area contributed by atoms with Crippen molar-refractivity contribution in [3.63, 3.8) is 0 Å². The van der Waals surface area contributed by atoms with Crippen LogP contribution in [0, 0.1) is 0 Å². The summed E-state index contributed by atoms with van der Waals surface area (Å²) < 4.78 is 10.6. The number of methoxy groups -OCH3 is 1. The summed E-state index contributed by atoms with van der Waals surface area (Å²) in [5.74, 6) is 1.41. The van der Waals surface area contributed by atoms with Crippen molar-refractivity contribution in [1.82, 2.24) is 0 Å². The summed E-state index contributed by atoms with van der Waals surface area (Å²) in [7, 11) is 1.58. The van der Waals surface area contributed by atoms with Gasteiger partial charge < -0.3 is 20.3 Å². The Labute approximate surface area is 96.0 Å². The first-order valence-electron chi connectivity index (χ1n) is 5.45. The second-order valence-electron chi connectivity index (χ2n) is 3.54. The summed E-state index contributed by atoms with van der Waals surface area (Å²) in [4.78, 5) is 0. The lowest BCUT2D eigenvalue weighted by atomic mass is 10.2. The second-order valence-corrected chi connectivity index (χ2v) is 3.54. The summed E-state index contributed by atoms with van der Waals surface area (Å²) in [5, 5.41) is 8.61. The Balaban J connectivity index is 2.34. The van der Waals surface area contributed by atoms with Crippen LogP contribution in [0.4, 0.5) is 5.69 Å². The van der Waals surface area contributed by atoms with Crippen molar-refractivity contribution in [3.8, 4) is 11.5 Å². The van der Waals surface area contributed by atoms with Gasteiger partial charge in [0.15, 0.2) is 0 Å². The van der Waals surface area contributed by atoms with Gasteiger partial charge in [-0.25, -0.2) is 0 Å². The van der Waals surface area contributed by atoms with E-state index >= 15 is 0 Å². The summed E-state index contributed by atoms with van der Waals surface area (Å²) in [6.07, 6.45) is 2.74. The molecule has 1 aromatic rings. The van der Waals surface area contributed by atoms with Crippen molar-refractivity contribution in [2.75, 3.05) is 26.1 Å². The van der Waals surface area contributed by atoms with Gasteiger partial charge in [-0.2, -0.15) is 0 Å². The number of anilines is 1. The fraction of sp³-hybridized carbons (Fsp3) is 0.500. The third kappa shape index (κ3) is 3.98. The van der Waals surface area contributed by atoms with Crippen LogP contribution >= 0.6 is 0 Å². The summed E-state index contributed by atoms with van der Waals surface area (Å²) in [5.41, 5.74) is 6.32. The van der Waals surface area contributed by atoms with Gasteiger partial charge in [-0.3, -0.25) is 0 Å². The largest absolute Gasteiger partial charge is 0.495 e. The molecule has 4 nitrogen and oxygen atoms in total. The quantitative estimate of drug-likeness (QED) is 0.548. The normalized spacial score (nSPS) is 10.1. The number of nitrogen functional groups attached to an aromatic ring is 1. The van der Waals surface area contributed by atoms with Crippen molar-refractivity contribution < 1.29 is 14.6 Å². The Hall–Kier alpha value is -1.42. The van der Waals surface area contributed by atoms with Crippen molar-refractivity contribution in [2.24, 2.45) is 0 Å². The molecular formula is C12H19NO3. The smallest absolute Gasteiger partial charge is 0.142 e. The number of aliphatic hydroxyl groups excluding tert-OH is 1. The average Bonchev–Trinajstić information content (AvgIpc) is 2.29. The summed E-state index contributed by atoms with van der Waals surface area (Å²) in [6.45, 7) is 0.890. The van der Waals surface area contributed by atoms with E-state index in [0.29, 0.717) is 18.0 Å². The molecule has 0 aromatic heterocycles. The number of unbranched alkanes of at least 4 members (excludes halogenated alkanes) is 2. The van der Waals surface area contributed by atoms with Gasteiger partial charge in [0.1, 0.15) is 11.5 Å². The van der Waals surface area contributed by atoms with Gasteiger partial charge >= 0.3 is 0 Å². The Bertz CT molecular complexity index is 315. The topological polar surface area (TPSA) is 64.7 Å². The third-order valence-electron chi connectivity index (χ3n) is 2.27. The van der Waals surface area contributed by atoms with Crippen LogP contribution in [-0.2, 0) is 0 Å². The molecular weight excluding hydrogens is 206 g/mol. The Morgan fingerprint density at radius 1 is 1.25 bits per heavy atom. The van der Waals surface area contributed by atoms with E-state index in [1.165, 1.54) is 0 Å². The Kier molecular flexibility index (Phi) is 5.50. The van der Waals surface area contributed by atoms with Gasteiger partial charge in [0, 0.05) is 12.7 Å². The monoisotopic (exact) mass is 225 g/mol. The van der Waals surface area contributed by atoms with Gasteiger partial charge in [0.2, 0.25) is 0 Å². The van der Waals surface area contributed by atoms with Crippen LogP contribution < -0.4 is 15.2 Å². The predicted molar refractivity (Wildman–Crippen MR) is 63.8 cm³/mol. The second kappa shape index (κ2) is 6.95. The minimum absolute atomic E-state index is 0.246. The zero-order valence-corrected chi connectivity index (χ0v) is 9.61. The average molecular weight is 225 g/mol.